The maximum absolute atomic E-state index is 11.5. The Morgan fingerprint density at radius 1 is 1.64 bits per heavy atom. The minimum Gasteiger partial charge on any atom is -0.352 e. The van der Waals surface area contributed by atoms with Crippen LogP contribution in [0.15, 0.2) is 16.8 Å². The molecular weight excluding hydrogens is 196 g/mol. The Morgan fingerprint density at radius 3 is 3.00 bits per heavy atom. The zero-order valence-electron chi connectivity index (χ0n) is 8.54. The van der Waals surface area contributed by atoms with Gasteiger partial charge in [-0.05, 0) is 29.4 Å². The fourth-order valence-corrected chi connectivity index (χ4v) is 1.82. The van der Waals surface area contributed by atoms with Gasteiger partial charge in [0.05, 0.1) is 0 Å². The Bertz CT molecular complexity index is 272. The highest BCUT2D eigenvalue weighted by Gasteiger charge is 2.10. The molecule has 4 heteroatoms. The van der Waals surface area contributed by atoms with E-state index in [1.807, 2.05) is 30.8 Å². The zero-order chi connectivity index (χ0) is 10.4. The molecule has 3 nitrogen and oxygen atoms in total. The Labute approximate surface area is 88.5 Å². The van der Waals surface area contributed by atoms with Gasteiger partial charge in [-0.2, -0.15) is 11.3 Å². The summed E-state index contributed by atoms with van der Waals surface area (Å²) in [4.78, 5) is 11.5. The van der Waals surface area contributed by atoms with E-state index in [-0.39, 0.29) is 11.8 Å². The van der Waals surface area contributed by atoms with Gasteiger partial charge < -0.3 is 10.6 Å². The molecule has 0 saturated heterocycles. The van der Waals surface area contributed by atoms with E-state index in [2.05, 4.69) is 10.6 Å². The number of amides is 1. The minimum absolute atomic E-state index is 0.0265. The van der Waals surface area contributed by atoms with Crippen LogP contribution in [0.4, 0.5) is 0 Å². The average Bonchev–Trinajstić information content (AvgIpc) is 2.67. The van der Waals surface area contributed by atoms with Crippen molar-refractivity contribution < 1.29 is 4.79 Å². The summed E-state index contributed by atoms with van der Waals surface area (Å²) in [5.41, 5.74) is 1.17. The minimum atomic E-state index is 0.0265. The molecule has 0 spiro atoms. The average molecular weight is 212 g/mol. The van der Waals surface area contributed by atoms with E-state index >= 15 is 0 Å². The summed E-state index contributed by atoms with van der Waals surface area (Å²) in [5, 5.41) is 9.94. The van der Waals surface area contributed by atoms with Crippen LogP contribution in [0.25, 0.3) is 0 Å². The molecule has 1 atom stereocenters. The third kappa shape index (κ3) is 3.47. The smallest absolute Gasteiger partial charge is 0.224 e. The number of carbonyl (C=O) groups is 1. The maximum Gasteiger partial charge on any atom is 0.224 e. The van der Waals surface area contributed by atoms with E-state index in [0.29, 0.717) is 6.54 Å². The lowest BCUT2D eigenvalue weighted by Crippen LogP contribution is -2.33. The highest BCUT2D eigenvalue weighted by atomic mass is 32.1. The first kappa shape index (κ1) is 11.2. The second-order valence-corrected chi connectivity index (χ2v) is 4.09. The van der Waals surface area contributed by atoms with Crippen LogP contribution in [-0.4, -0.2) is 19.5 Å². The fraction of sp³-hybridized carbons (Fsp3) is 0.500. The van der Waals surface area contributed by atoms with Crippen molar-refractivity contribution in [1.82, 2.24) is 10.6 Å². The quantitative estimate of drug-likeness (QED) is 0.770. The fourth-order valence-electron chi connectivity index (χ4n) is 1.16. The van der Waals surface area contributed by atoms with E-state index in [9.17, 15) is 4.79 Å². The Balaban J connectivity index is 2.27. The molecule has 0 fully saturated rings. The predicted octanol–water partition coefficient (Wildman–Crippen LogP) is 1.22. The van der Waals surface area contributed by atoms with E-state index in [1.165, 1.54) is 5.56 Å². The first-order valence-electron chi connectivity index (χ1n) is 4.67. The molecule has 0 aromatic carbocycles. The van der Waals surface area contributed by atoms with Crippen LogP contribution in [0.1, 0.15) is 12.5 Å². The molecule has 1 rings (SSSR count). The Hall–Kier alpha value is -0.870. The number of rotatable bonds is 5. The molecule has 0 radical (unpaired) electrons. The highest BCUT2D eigenvalue weighted by molar-refractivity contribution is 7.07. The van der Waals surface area contributed by atoms with Crippen molar-refractivity contribution in [3.63, 3.8) is 0 Å². The SMILES string of the molecule is CNCC(C)C(=O)NCc1ccsc1. The summed E-state index contributed by atoms with van der Waals surface area (Å²) < 4.78 is 0. The van der Waals surface area contributed by atoms with Gasteiger partial charge in [0.15, 0.2) is 0 Å². The second kappa shape index (κ2) is 5.78. The molecule has 2 N–H and O–H groups in total. The number of hydrogen-bond donors (Lipinski definition) is 2. The van der Waals surface area contributed by atoms with Crippen LogP contribution in [0, 0.1) is 5.92 Å². The van der Waals surface area contributed by atoms with Gasteiger partial charge in [-0.25, -0.2) is 0 Å². The van der Waals surface area contributed by atoms with E-state index in [4.69, 9.17) is 0 Å². The van der Waals surface area contributed by atoms with Crippen molar-refractivity contribution in [3.8, 4) is 0 Å². The van der Waals surface area contributed by atoms with Gasteiger partial charge >= 0.3 is 0 Å². The third-order valence-corrected chi connectivity index (χ3v) is 2.74. The summed E-state index contributed by atoms with van der Waals surface area (Å²) in [6.07, 6.45) is 0. The Morgan fingerprint density at radius 2 is 2.43 bits per heavy atom. The van der Waals surface area contributed by atoms with Gasteiger partial charge in [-0.1, -0.05) is 6.92 Å². The van der Waals surface area contributed by atoms with Gasteiger partial charge in [-0.3, -0.25) is 4.79 Å². The summed E-state index contributed by atoms with van der Waals surface area (Å²) in [7, 11) is 1.85. The summed E-state index contributed by atoms with van der Waals surface area (Å²) >= 11 is 1.65. The van der Waals surface area contributed by atoms with Gasteiger partial charge in [-0.15, -0.1) is 0 Å². The number of carbonyl (C=O) groups excluding carboxylic acids is 1. The molecule has 1 unspecified atom stereocenters. The van der Waals surface area contributed by atoms with Gasteiger partial charge in [0.25, 0.3) is 0 Å². The molecule has 14 heavy (non-hydrogen) atoms. The first-order valence-corrected chi connectivity index (χ1v) is 5.61. The Kier molecular flexibility index (Phi) is 4.62. The highest BCUT2D eigenvalue weighted by Crippen LogP contribution is 2.05. The molecule has 0 bridgehead atoms. The van der Waals surface area contributed by atoms with Crippen molar-refractivity contribution in [2.24, 2.45) is 5.92 Å². The monoisotopic (exact) mass is 212 g/mol. The lowest BCUT2D eigenvalue weighted by molar-refractivity contribution is -0.124. The van der Waals surface area contributed by atoms with Crippen LogP contribution in [0.3, 0.4) is 0 Å². The van der Waals surface area contributed by atoms with Crippen molar-refractivity contribution in [3.05, 3.63) is 22.4 Å². The first-order chi connectivity index (χ1) is 6.74. The summed E-state index contributed by atoms with van der Waals surface area (Å²) in [6.45, 7) is 3.27. The van der Waals surface area contributed by atoms with Crippen molar-refractivity contribution in [1.29, 1.82) is 0 Å². The molecule has 0 aliphatic heterocycles. The maximum atomic E-state index is 11.5. The summed E-state index contributed by atoms with van der Waals surface area (Å²) in [5.74, 6) is 0.129. The molecule has 0 aliphatic rings. The molecule has 1 aromatic rings. The zero-order valence-corrected chi connectivity index (χ0v) is 9.36. The molecular formula is C10H16N2OS. The van der Waals surface area contributed by atoms with Crippen LogP contribution >= 0.6 is 11.3 Å². The molecule has 1 heterocycles. The molecule has 1 aromatic heterocycles. The lowest BCUT2D eigenvalue weighted by atomic mass is 10.1. The third-order valence-electron chi connectivity index (χ3n) is 2.00. The predicted molar refractivity (Wildman–Crippen MR) is 59.3 cm³/mol. The van der Waals surface area contributed by atoms with Crippen LogP contribution in [0.2, 0.25) is 0 Å². The summed E-state index contributed by atoms with van der Waals surface area (Å²) in [6, 6.07) is 2.02. The molecule has 1 amide bonds. The van der Waals surface area contributed by atoms with E-state index in [0.717, 1.165) is 6.54 Å². The molecule has 78 valence electrons. The van der Waals surface area contributed by atoms with Crippen molar-refractivity contribution in [2.75, 3.05) is 13.6 Å². The normalized spacial score (nSPS) is 12.4. The van der Waals surface area contributed by atoms with Gasteiger partial charge in [0.1, 0.15) is 0 Å². The van der Waals surface area contributed by atoms with Crippen molar-refractivity contribution >= 4 is 17.2 Å². The van der Waals surface area contributed by atoms with E-state index in [1.54, 1.807) is 11.3 Å². The number of thiophene rings is 1. The van der Waals surface area contributed by atoms with Crippen LogP contribution < -0.4 is 10.6 Å². The number of hydrogen-bond acceptors (Lipinski definition) is 3. The second-order valence-electron chi connectivity index (χ2n) is 3.31. The van der Waals surface area contributed by atoms with Crippen LogP contribution in [0.5, 0.6) is 0 Å². The van der Waals surface area contributed by atoms with Gasteiger partial charge in [0, 0.05) is 19.0 Å². The van der Waals surface area contributed by atoms with Crippen molar-refractivity contribution in [2.45, 2.75) is 13.5 Å². The number of nitrogens with one attached hydrogen (secondary N) is 2. The van der Waals surface area contributed by atoms with E-state index < -0.39 is 0 Å². The largest absolute Gasteiger partial charge is 0.352 e. The molecule has 0 aliphatic carbocycles. The standard InChI is InChI=1S/C10H16N2OS/c1-8(5-11-2)10(13)12-6-9-3-4-14-7-9/h3-4,7-8,11H,5-6H2,1-2H3,(H,12,13). The topological polar surface area (TPSA) is 41.1 Å². The molecule has 0 saturated carbocycles. The van der Waals surface area contributed by atoms with Crippen LogP contribution in [-0.2, 0) is 11.3 Å². The van der Waals surface area contributed by atoms with Gasteiger partial charge in [0.2, 0.25) is 5.91 Å². The lowest BCUT2D eigenvalue weighted by Gasteiger charge is -2.10.